The van der Waals surface area contributed by atoms with Crippen LogP contribution in [-0.2, 0) is 28.9 Å². The van der Waals surface area contributed by atoms with Crippen molar-refractivity contribution in [2.75, 3.05) is 25.0 Å². The summed E-state index contributed by atoms with van der Waals surface area (Å²) in [4.78, 5) is 17.6. The van der Waals surface area contributed by atoms with Crippen molar-refractivity contribution in [3.8, 4) is 6.07 Å². The second-order valence-electron chi connectivity index (χ2n) is 8.10. The summed E-state index contributed by atoms with van der Waals surface area (Å²) < 4.78 is 5.79. The van der Waals surface area contributed by atoms with E-state index in [-0.39, 0.29) is 12.0 Å². The predicted octanol–water partition coefficient (Wildman–Crippen LogP) is 4.43. The van der Waals surface area contributed by atoms with Gasteiger partial charge in [0.05, 0.1) is 18.2 Å². The monoisotopic (exact) mass is 429 g/mol. The topological polar surface area (TPSA) is 65.4 Å². The first-order chi connectivity index (χ1) is 14.1. The van der Waals surface area contributed by atoms with Gasteiger partial charge in [0.15, 0.2) is 0 Å². The molecule has 0 radical (unpaired) electrons. The van der Waals surface area contributed by atoms with E-state index in [1.807, 2.05) is 6.07 Å². The van der Waals surface area contributed by atoms with Crippen LogP contribution in [0.4, 0.5) is 5.00 Å². The molecule has 2 atom stereocenters. The van der Waals surface area contributed by atoms with Crippen LogP contribution in [0.3, 0.4) is 0 Å². The van der Waals surface area contributed by atoms with Gasteiger partial charge in [0.2, 0.25) is 5.91 Å². The zero-order chi connectivity index (χ0) is 20.2. The van der Waals surface area contributed by atoms with Crippen molar-refractivity contribution < 1.29 is 9.53 Å². The third-order valence-electron chi connectivity index (χ3n) is 5.69. The van der Waals surface area contributed by atoms with Gasteiger partial charge < -0.3 is 10.1 Å². The minimum absolute atomic E-state index is 0.0531. The summed E-state index contributed by atoms with van der Waals surface area (Å²) in [7, 11) is 0. The Hall–Kier alpha value is -1.72. The first-order valence-corrected chi connectivity index (χ1v) is 12.0. The highest BCUT2D eigenvalue weighted by Gasteiger charge is 2.26. The highest BCUT2D eigenvalue weighted by Crippen LogP contribution is 2.39. The highest BCUT2D eigenvalue weighted by molar-refractivity contribution is 7.16. The lowest BCUT2D eigenvalue weighted by Gasteiger charge is -2.24. The molecule has 0 bridgehead atoms. The van der Waals surface area contributed by atoms with Gasteiger partial charge in [-0.1, -0.05) is 13.0 Å². The maximum Gasteiger partial charge on any atom is 0.239 e. The maximum absolute atomic E-state index is 12.9. The Morgan fingerprint density at radius 3 is 3.07 bits per heavy atom. The summed E-state index contributed by atoms with van der Waals surface area (Å²) in [5.41, 5.74) is 1.83. The number of hydrogen-bond acceptors (Lipinski definition) is 6. The normalized spacial score (nSPS) is 21.1. The van der Waals surface area contributed by atoms with Gasteiger partial charge in [0, 0.05) is 29.5 Å². The van der Waals surface area contributed by atoms with Crippen molar-refractivity contribution >= 4 is 33.6 Å². The molecule has 1 aliphatic heterocycles. The quantitative estimate of drug-likeness (QED) is 0.707. The number of rotatable bonds is 7. The fourth-order valence-electron chi connectivity index (χ4n) is 4.21. The maximum atomic E-state index is 12.9. The number of carbonyl (C=O) groups excluding carboxylic acids is 1. The van der Waals surface area contributed by atoms with E-state index in [1.165, 1.54) is 9.75 Å². The van der Waals surface area contributed by atoms with Crippen molar-refractivity contribution in [1.29, 1.82) is 5.26 Å². The van der Waals surface area contributed by atoms with Crippen LogP contribution in [0.2, 0.25) is 0 Å². The molecule has 1 aliphatic carbocycles. The second kappa shape index (κ2) is 9.40. The first kappa shape index (κ1) is 20.5. The van der Waals surface area contributed by atoms with E-state index in [1.54, 1.807) is 22.7 Å². The molecule has 7 heteroatoms. The number of ether oxygens (including phenoxy) is 1. The van der Waals surface area contributed by atoms with E-state index >= 15 is 0 Å². The predicted molar refractivity (Wildman–Crippen MR) is 117 cm³/mol. The van der Waals surface area contributed by atoms with Crippen LogP contribution in [0.15, 0.2) is 17.5 Å². The minimum Gasteiger partial charge on any atom is -0.377 e. The number of fused-ring (bicyclic) bond motifs is 1. The molecule has 1 N–H and O–H groups in total. The van der Waals surface area contributed by atoms with Gasteiger partial charge >= 0.3 is 0 Å². The molecule has 1 saturated heterocycles. The second-order valence-corrected chi connectivity index (χ2v) is 10.2. The van der Waals surface area contributed by atoms with Gasteiger partial charge in [0.1, 0.15) is 11.1 Å². The summed E-state index contributed by atoms with van der Waals surface area (Å²) in [5, 5.41) is 15.5. The van der Waals surface area contributed by atoms with Gasteiger partial charge in [-0.05, 0) is 55.0 Å². The Bertz CT molecular complexity index is 879. The fraction of sp³-hybridized carbons (Fsp3) is 0.545. The molecule has 2 aromatic heterocycles. The van der Waals surface area contributed by atoms with E-state index < -0.39 is 0 Å². The Balaban J connectivity index is 1.44. The smallest absolute Gasteiger partial charge is 0.239 e. The molecule has 0 unspecified atom stereocenters. The third-order valence-corrected chi connectivity index (χ3v) is 7.72. The van der Waals surface area contributed by atoms with E-state index in [0.29, 0.717) is 18.0 Å². The van der Waals surface area contributed by atoms with Gasteiger partial charge in [-0.3, -0.25) is 9.69 Å². The first-order valence-electron chi connectivity index (χ1n) is 10.3. The molecule has 1 amide bonds. The average molecular weight is 430 g/mol. The Kier molecular flexibility index (Phi) is 6.66. The molecule has 2 aromatic rings. The summed E-state index contributed by atoms with van der Waals surface area (Å²) in [6, 6.07) is 6.48. The van der Waals surface area contributed by atoms with Crippen LogP contribution in [0, 0.1) is 17.2 Å². The van der Waals surface area contributed by atoms with Crippen LogP contribution in [0.25, 0.3) is 0 Å². The molecule has 4 rings (SSSR count). The van der Waals surface area contributed by atoms with Gasteiger partial charge in [-0.2, -0.15) is 5.26 Å². The Morgan fingerprint density at radius 2 is 2.34 bits per heavy atom. The molecule has 5 nitrogen and oxygen atoms in total. The molecule has 29 heavy (non-hydrogen) atoms. The van der Waals surface area contributed by atoms with E-state index in [9.17, 15) is 10.1 Å². The number of nitriles is 1. The third kappa shape index (κ3) is 5.07. The highest BCUT2D eigenvalue weighted by atomic mass is 32.1. The van der Waals surface area contributed by atoms with Crippen molar-refractivity contribution in [3.05, 3.63) is 38.4 Å². The van der Waals surface area contributed by atoms with Gasteiger partial charge in [-0.15, -0.1) is 22.7 Å². The fourth-order valence-corrected chi connectivity index (χ4v) is 6.33. The lowest BCUT2D eigenvalue weighted by Crippen LogP contribution is -2.37. The van der Waals surface area contributed by atoms with Crippen molar-refractivity contribution in [2.45, 2.75) is 51.7 Å². The number of anilines is 1. The number of amides is 1. The van der Waals surface area contributed by atoms with Crippen LogP contribution in [-0.4, -0.2) is 36.6 Å². The molecule has 154 valence electrons. The van der Waals surface area contributed by atoms with Crippen molar-refractivity contribution in [1.82, 2.24) is 4.90 Å². The molecular weight excluding hydrogens is 402 g/mol. The molecule has 3 heterocycles. The Labute approximate surface area is 180 Å². The SMILES string of the molecule is C[C@H]1CCc2c(sc(NC(=O)CN(Cc3cccs3)C[C@@H]3CCCO3)c2C#N)C1. The van der Waals surface area contributed by atoms with Gasteiger partial charge in [-0.25, -0.2) is 0 Å². The molecule has 2 aliphatic rings. The lowest BCUT2D eigenvalue weighted by molar-refractivity contribution is -0.117. The summed E-state index contributed by atoms with van der Waals surface area (Å²) in [6.45, 7) is 4.87. The largest absolute Gasteiger partial charge is 0.377 e. The molecule has 0 saturated carbocycles. The summed E-state index contributed by atoms with van der Waals surface area (Å²) >= 11 is 3.30. The summed E-state index contributed by atoms with van der Waals surface area (Å²) in [5.74, 6) is 0.589. The lowest BCUT2D eigenvalue weighted by atomic mass is 9.89. The van der Waals surface area contributed by atoms with Crippen LogP contribution < -0.4 is 5.32 Å². The van der Waals surface area contributed by atoms with Crippen molar-refractivity contribution in [2.24, 2.45) is 5.92 Å². The molecule has 0 spiro atoms. The molecular formula is C22H27N3O2S2. The van der Waals surface area contributed by atoms with Crippen LogP contribution in [0.1, 0.15) is 47.1 Å². The average Bonchev–Trinajstić information content (AvgIpc) is 3.42. The molecule has 1 fully saturated rings. The van der Waals surface area contributed by atoms with Crippen LogP contribution in [0.5, 0.6) is 0 Å². The number of thiophene rings is 2. The zero-order valence-electron chi connectivity index (χ0n) is 16.8. The Morgan fingerprint density at radius 1 is 1.45 bits per heavy atom. The van der Waals surface area contributed by atoms with E-state index in [0.717, 1.165) is 62.4 Å². The van der Waals surface area contributed by atoms with Crippen molar-refractivity contribution in [3.63, 3.8) is 0 Å². The van der Waals surface area contributed by atoms with Gasteiger partial charge in [0.25, 0.3) is 0 Å². The number of nitrogens with zero attached hydrogens (tertiary/aromatic N) is 2. The zero-order valence-corrected chi connectivity index (χ0v) is 18.4. The van der Waals surface area contributed by atoms with E-state index in [2.05, 4.69) is 34.7 Å². The number of nitrogens with one attached hydrogen (secondary N) is 1. The number of hydrogen-bond donors (Lipinski definition) is 1. The standard InChI is InChI=1S/C22H27N3O2S2/c1-15-6-7-18-19(11-23)22(29-20(18)10-15)24-21(26)14-25(12-16-4-2-8-27-16)13-17-5-3-9-28-17/h3,5,9,15-16H,2,4,6-8,10,12-14H2,1H3,(H,24,26)/t15-,16-/m0/s1. The molecule has 0 aromatic carbocycles. The number of carbonyl (C=O) groups is 1. The minimum atomic E-state index is -0.0531. The van der Waals surface area contributed by atoms with E-state index in [4.69, 9.17) is 4.74 Å². The summed E-state index contributed by atoms with van der Waals surface area (Å²) in [6.07, 6.45) is 5.41. The van der Waals surface area contributed by atoms with Crippen LogP contribution >= 0.6 is 22.7 Å².